The van der Waals surface area contributed by atoms with E-state index in [9.17, 15) is 23.1 Å². The number of para-hydroxylation sites is 1. The third kappa shape index (κ3) is 6.66. The van der Waals surface area contributed by atoms with Crippen molar-refractivity contribution in [3.8, 4) is 5.75 Å². The first-order valence-corrected chi connectivity index (χ1v) is 12.0. The zero-order valence-electron chi connectivity index (χ0n) is 20.1. The van der Waals surface area contributed by atoms with E-state index < -0.39 is 12.0 Å². The van der Waals surface area contributed by atoms with E-state index >= 15 is 0 Å². The number of rotatable bonds is 7. The summed E-state index contributed by atoms with van der Waals surface area (Å²) in [6, 6.07) is 15.8. The predicted octanol–water partition coefficient (Wildman–Crippen LogP) is 4.71. The van der Waals surface area contributed by atoms with E-state index in [2.05, 4.69) is 9.73 Å². The van der Waals surface area contributed by atoms with Gasteiger partial charge in [-0.15, -0.1) is 13.2 Å². The van der Waals surface area contributed by atoms with Gasteiger partial charge in [-0.25, -0.2) is 0 Å². The van der Waals surface area contributed by atoms with E-state index in [-0.39, 0.29) is 29.8 Å². The second kappa shape index (κ2) is 10.7. The Labute approximate surface area is 208 Å². The Hall–Kier alpha value is -3.33. The third-order valence-electron chi connectivity index (χ3n) is 6.65. The molecule has 1 fully saturated rings. The average Bonchev–Trinajstić information content (AvgIpc) is 2.85. The number of ether oxygens (including phenoxy) is 1. The highest BCUT2D eigenvalue weighted by Gasteiger charge is 2.36. The number of allylic oxidation sites excluding steroid dienone is 1. The van der Waals surface area contributed by atoms with Crippen LogP contribution in [0.1, 0.15) is 43.2 Å². The van der Waals surface area contributed by atoms with E-state index in [1.807, 2.05) is 47.1 Å². The lowest BCUT2D eigenvalue weighted by Gasteiger charge is -2.41. The smallest absolute Gasteiger partial charge is 0.405 e. The van der Waals surface area contributed by atoms with Crippen molar-refractivity contribution in [3.05, 3.63) is 78.0 Å². The molecule has 1 saturated heterocycles. The van der Waals surface area contributed by atoms with Gasteiger partial charge in [0.05, 0.1) is 11.3 Å². The quantitative estimate of drug-likeness (QED) is 0.597. The minimum atomic E-state index is -4.79. The fourth-order valence-corrected chi connectivity index (χ4v) is 4.61. The molecule has 0 bridgehead atoms. The molecule has 6 nitrogen and oxygen atoms in total. The van der Waals surface area contributed by atoms with E-state index in [4.69, 9.17) is 0 Å². The minimum absolute atomic E-state index is 0.0836. The normalized spacial score (nSPS) is 18.5. The molecule has 0 radical (unpaired) electrons. The Morgan fingerprint density at radius 2 is 1.78 bits per heavy atom. The maximum Gasteiger partial charge on any atom is 0.573 e. The summed E-state index contributed by atoms with van der Waals surface area (Å²) in [5.74, 6) is -0.101. The van der Waals surface area contributed by atoms with E-state index in [0.717, 1.165) is 5.56 Å². The number of piperidine rings is 1. The van der Waals surface area contributed by atoms with Crippen LogP contribution in [0.15, 0.2) is 71.9 Å². The molecule has 192 valence electrons. The number of nitrogens with zero attached hydrogens (tertiary/aromatic N) is 3. The van der Waals surface area contributed by atoms with Crippen molar-refractivity contribution < 1.29 is 27.8 Å². The summed E-state index contributed by atoms with van der Waals surface area (Å²) in [4.78, 5) is 20.8. The zero-order valence-corrected chi connectivity index (χ0v) is 20.1. The number of likely N-dealkylation sites (tertiary alicyclic amines) is 1. The van der Waals surface area contributed by atoms with Crippen LogP contribution in [0.3, 0.4) is 0 Å². The number of hydrogen-bond donors (Lipinski definition) is 1. The first-order valence-electron chi connectivity index (χ1n) is 12.0. The molecule has 0 saturated carbocycles. The number of aliphatic hydroxyl groups is 1. The van der Waals surface area contributed by atoms with Gasteiger partial charge in [-0.05, 0) is 42.5 Å². The van der Waals surface area contributed by atoms with Crippen molar-refractivity contribution in [2.24, 2.45) is 4.99 Å². The molecule has 2 aromatic rings. The fourth-order valence-electron chi connectivity index (χ4n) is 4.61. The van der Waals surface area contributed by atoms with E-state index in [1.54, 1.807) is 18.3 Å². The lowest BCUT2D eigenvalue weighted by atomic mass is 9.90. The molecule has 2 heterocycles. The van der Waals surface area contributed by atoms with Gasteiger partial charge >= 0.3 is 6.36 Å². The molecule has 1 atom stereocenters. The SMILES string of the molecule is CC(CC(=O)N1CCC(O)(CN2C=CC(c3ccccc3OC(F)(F)F)=NC2)CC1)c1ccccc1. The van der Waals surface area contributed by atoms with Crippen LogP contribution >= 0.6 is 0 Å². The standard InChI is InChI=1S/C27H30F3N3O3/c1-20(21-7-3-2-4-8-21)17-25(34)33-15-12-26(35,13-16-33)18-32-14-11-23(31-19-32)22-9-5-6-10-24(22)36-27(28,29)30/h2-11,14,20,35H,12-13,15-19H2,1H3. The largest absolute Gasteiger partial charge is 0.573 e. The molecule has 2 aliphatic heterocycles. The molecular formula is C27H30F3N3O3. The molecule has 1 N–H and O–H groups in total. The summed E-state index contributed by atoms with van der Waals surface area (Å²) < 4.78 is 42.3. The Morgan fingerprint density at radius 3 is 2.42 bits per heavy atom. The number of hydrogen-bond acceptors (Lipinski definition) is 5. The van der Waals surface area contributed by atoms with Gasteiger partial charge in [-0.2, -0.15) is 0 Å². The number of carbonyl (C=O) groups is 1. The van der Waals surface area contributed by atoms with E-state index in [1.165, 1.54) is 18.2 Å². The number of halogens is 3. The lowest BCUT2D eigenvalue weighted by Crippen LogP contribution is -2.51. The summed E-state index contributed by atoms with van der Waals surface area (Å²) >= 11 is 0. The number of aliphatic imine (C=N–C) groups is 1. The maximum atomic E-state index is 12.8. The molecule has 0 aromatic heterocycles. The van der Waals surface area contributed by atoms with Gasteiger partial charge in [0, 0.05) is 37.8 Å². The van der Waals surface area contributed by atoms with E-state index in [0.29, 0.717) is 44.6 Å². The predicted molar refractivity (Wildman–Crippen MR) is 131 cm³/mol. The van der Waals surface area contributed by atoms with Gasteiger partial charge in [0.15, 0.2) is 0 Å². The number of alkyl halides is 3. The topological polar surface area (TPSA) is 65.4 Å². The molecule has 2 aromatic carbocycles. The Kier molecular flexibility index (Phi) is 7.68. The van der Waals surface area contributed by atoms with Gasteiger partial charge in [-0.1, -0.05) is 49.4 Å². The first kappa shape index (κ1) is 25.8. The number of β-amino-alcohol motifs (C(OH)–C–C–N with tert-alkyl or cyclic N) is 1. The van der Waals surface area contributed by atoms with Crippen molar-refractivity contribution in [2.75, 3.05) is 26.3 Å². The Bertz CT molecular complexity index is 1110. The highest BCUT2D eigenvalue weighted by Crippen LogP contribution is 2.29. The Balaban J connectivity index is 1.29. The van der Waals surface area contributed by atoms with Crippen molar-refractivity contribution in [1.82, 2.24) is 9.80 Å². The summed E-state index contributed by atoms with van der Waals surface area (Å²) in [6.07, 6.45) is -0.128. The summed E-state index contributed by atoms with van der Waals surface area (Å²) in [5.41, 5.74) is 0.784. The van der Waals surface area contributed by atoms with Crippen LogP contribution in [0.2, 0.25) is 0 Å². The van der Waals surface area contributed by atoms with Gasteiger partial charge in [-0.3, -0.25) is 9.79 Å². The average molecular weight is 502 g/mol. The molecule has 1 amide bonds. The maximum absolute atomic E-state index is 12.8. The monoisotopic (exact) mass is 501 g/mol. The highest BCUT2D eigenvalue weighted by molar-refractivity contribution is 6.10. The second-order valence-electron chi connectivity index (χ2n) is 9.41. The first-order chi connectivity index (χ1) is 17.1. The fraction of sp³-hybridized carbons (Fsp3) is 0.407. The van der Waals surface area contributed by atoms with Gasteiger partial charge in [0.2, 0.25) is 5.91 Å². The van der Waals surface area contributed by atoms with Crippen LogP contribution in [0.5, 0.6) is 5.75 Å². The highest BCUT2D eigenvalue weighted by atomic mass is 19.4. The van der Waals surface area contributed by atoms with Crippen molar-refractivity contribution in [1.29, 1.82) is 0 Å². The van der Waals surface area contributed by atoms with Gasteiger partial charge < -0.3 is 19.6 Å². The Morgan fingerprint density at radius 1 is 1.11 bits per heavy atom. The molecule has 0 aliphatic carbocycles. The third-order valence-corrected chi connectivity index (χ3v) is 6.65. The van der Waals surface area contributed by atoms with Gasteiger partial charge in [0.25, 0.3) is 0 Å². The minimum Gasteiger partial charge on any atom is -0.405 e. The summed E-state index contributed by atoms with van der Waals surface area (Å²) in [5, 5.41) is 11.1. The van der Waals surface area contributed by atoms with Crippen LogP contribution in [-0.2, 0) is 4.79 Å². The number of carbonyl (C=O) groups excluding carboxylic acids is 1. The second-order valence-corrected chi connectivity index (χ2v) is 9.41. The molecule has 1 unspecified atom stereocenters. The molecule has 2 aliphatic rings. The van der Waals surface area contributed by atoms with Crippen LogP contribution < -0.4 is 4.74 Å². The van der Waals surface area contributed by atoms with Crippen LogP contribution in [0.4, 0.5) is 13.2 Å². The lowest BCUT2D eigenvalue weighted by molar-refractivity contribution is -0.274. The molecule has 0 spiro atoms. The molecular weight excluding hydrogens is 471 g/mol. The van der Waals surface area contributed by atoms with Crippen LogP contribution in [0.25, 0.3) is 0 Å². The van der Waals surface area contributed by atoms with Gasteiger partial charge in [0.1, 0.15) is 12.4 Å². The van der Waals surface area contributed by atoms with Crippen LogP contribution in [-0.4, -0.2) is 64.8 Å². The van der Waals surface area contributed by atoms with Crippen molar-refractivity contribution >= 4 is 11.6 Å². The number of benzene rings is 2. The molecule has 4 rings (SSSR count). The zero-order chi connectivity index (χ0) is 25.8. The molecule has 9 heteroatoms. The van der Waals surface area contributed by atoms with Crippen molar-refractivity contribution in [2.45, 2.75) is 44.1 Å². The van der Waals surface area contributed by atoms with Crippen molar-refractivity contribution in [3.63, 3.8) is 0 Å². The van der Waals surface area contributed by atoms with Crippen LogP contribution in [0, 0.1) is 0 Å². The summed E-state index contributed by atoms with van der Waals surface area (Å²) in [7, 11) is 0. The summed E-state index contributed by atoms with van der Waals surface area (Å²) in [6.45, 7) is 3.52. The number of amides is 1. The molecule has 36 heavy (non-hydrogen) atoms.